The Kier molecular flexibility index (Phi) is 3.05. The minimum atomic E-state index is 0.503. The number of nitrogens with one attached hydrogen (secondary N) is 2. The summed E-state index contributed by atoms with van der Waals surface area (Å²) in [5, 5.41) is 12.4. The van der Waals surface area contributed by atoms with Gasteiger partial charge in [0, 0.05) is 11.9 Å². The first kappa shape index (κ1) is 12.3. The smallest absolute Gasteiger partial charge is 0.141 e. The third-order valence-electron chi connectivity index (χ3n) is 2.84. The third kappa shape index (κ3) is 2.25. The van der Waals surface area contributed by atoms with Gasteiger partial charge in [0.1, 0.15) is 5.82 Å². The lowest BCUT2D eigenvalue weighted by atomic mass is 10.2. The Balaban J connectivity index is 2.05. The van der Waals surface area contributed by atoms with Crippen molar-refractivity contribution in [2.75, 3.05) is 5.32 Å². The molecule has 0 aliphatic rings. The standard InChI is InChI=1S/C13H10Cl2N4/c1-7-12-11(19-18-7)4-5-16-13(12)17-8-2-3-9(14)10(15)6-8/h2-6H,1H3,(H,16,17)(H,18,19). The van der Waals surface area contributed by atoms with E-state index in [2.05, 4.69) is 20.5 Å². The highest BCUT2D eigenvalue weighted by Gasteiger charge is 2.09. The van der Waals surface area contributed by atoms with Crippen LogP contribution in [0, 0.1) is 6.92 Å². The van der Waals surface area contributed by atoms with Gasteiger partial charge in [0.15, 0.2) is 0 Å². The van der Waals surface area contributed by atoms with E-state index in [-0.39, 0.29) is 0 Å². The van der Waals surface area contributed by atoms with Crippen LogP contribution in [0.1, 0.15) is 5.69 Å². The normalized spacial score (nSPS) is 10.9. The van der Waals surface area contributed by atoms with E-state index < -0.39 is 0 Å². The fraction of sp³-hybridized carbons (Fsp3) is 0.0769. The van der Waals surface area contributed by atoms with Crippen LogP contribution in [0.4, 0.5) is 11.5 Å². The highest BCUT2D eigenvalue weighted by atomic mass is 35.5. The molecule has 0 saturated heterocycles. The molecule has 19 heavy (non-hydrogen) atoms. The zero-order valence-corrected chi connectivity index (χ0v) is 11.5. The van der Waals surface area contributed by atoms with E-state index in [4.69, 9.17) is 23.2 Å². The Morgan fingerprint density at radius 1 is 1.16 bits per heavy atom. The van der Waals surface area contributed by atoms with Crippen LogP contribution < -0.4 is 5.32 Å². The number of anilines is 2. The Labute approximate surface area is 119 Å². The summed E-state index contributed by atoms with van der Waals surface area (Å²) in [5.41, 5.74) is 2.66. The molecule has 3 rings (SSSR count). The minimum absolute atomic E-state index is 0.503. The molecule has 0 amide bonds. The Morgan fingerprint density at radius 3 is 2.79 bits per heavy atom. The van der Waals surface area contributed by atoms with E-state index in [0.717, 1.165) is 28.1 Å². The molecule has 2 aromatic heterocycles. The summed E-state index contributed by atoms with van der Waals surface area (Å²) < 4.78 is 0. The summed E-state index contributed by atoms with van der Waals surface area (Å²) in [6.45, 7) is 1.93. The first-order valence-electron chi connectivity index (χ1n) is 5.67. The molecule has 2 heterocycles. The molecule has 0 radical (unpaired) electrons. The highest BCUT2D eigenvalue weighted by molar-refractivity contribution is 6.42. The second kappa shape index (κ2) is 4.72. The highest BCUT2D eigenvalue weighted by Crippen LogP contribution is 2.29. The summed E-state index contributed by atoms with van der Waals surface area (Å²) in [6.07, 6.45) is 1.72. The number of rotatable bonds is 2. The molecule has 1 aromatic carbocycles. The Morgan fingerprint density at radius 2 is 2.00 bits per heavy atom. The number of hydrogen-bond acceptors (Lipinski definition) is 3. The molecule has 6 heteroatoms. The fourth-order valence-corrected chi connectivity index (χ4v) is 2.22. The molecule has 96 valence electrons. The van der Waals surface area contributed by atoms with Crippen molar-refractivity contribution in [3.63, 3.8) is 0 Å². The number of hydrogen-bond donors (Lipinski definition) is 2. The minimum Gasteiger partial charge on any atom is -0.340 e. The van der Waals surface area contributed by atoms with E-state index in [1.165, 1.54) is 0 Å². The molecule has 0 aliphatic heterocycles. The van der Waals surface area contributed by atoms with Crippen molar-refractivity contribution < 1.29 is 0 Å². The number of fused-ring (bicyclic) bond motifs is 1. The summed E-state index contributed by atoms with van der Waals surface area (Å²) in [6, 6.07) is 7.24. The van der Waals surface area contributed by atoms with E-state index in [1.807, 2.05) is 19.1 Å². The average Bonchev–Trinajstić information content (AvgIpc) is 2.77. The lowest BCUT2D eigenvalue weighted by molar-refractivity contribution is 1.07. The molecule has 0 aliphatic carbocycles. The first-order valence-corrected chi connectivity index (χ1v) is 6.42. The second-order valence-electron chi connectivity index (χ2n) is 4.15. The van der Waals surface area contributed by atoms with Gasteiger partial charge in [-0.15, -0.1) is 0 Å². The maximum Gasteiger partial charge on any atom is 0.141 e. The fourth-order valence-electron chi connectivity index (χ4n) is 1.93. The number of aromatic amines is 1. The lowest BCUT2D eigenvalue weighted by Crippen LogP contribution is -1.94. The number of nitrogens with zero attached hydrogens (tertiary/aromatic N) is 2. The van der Waals surface area contributed by atoms with Gasteiger partial charge in [0.05, 0.1) is 26.6 Å². The van der Waals surface area contributed by atoms with Crippen LogP contribution in [-0.4, -0.2) is 15.2 Å². The van der Waals surface area contributed by atoms with E-state index in [1.54, 1.807) is 18.3 Å². The van der Waals surface area contributed by atoms with Gasteiger partial charge >= 0.3 is 0 Å². The Hall–Kier alpha value is -1.78. The topological polar surface area (TPSA) is 53.6 Å². The van der Waals surface area contributed by atoms with Gasteiger partial charge in [0.2, 0.25) is 0 Å². The van der Waals surface area contributed by atoms with Gasteiger partial charge in [-0.3, -0.25) is 5.10 Å². The SMILES string of the molecule is Cc1n[nH]c2ccnc(Nc3ccc(Cl)c(Cl)c3)c12. The van der Waals surface area contributed by atoms with Crippen LogP contribution in [0.3, 0.4) is 0 Å². The predicted octanol–water partition coefficient (Wildman–Crippen LogP) is 4.32. The number of pyridine rings is 1. The van der Waals surface area contributed by atoms with Crippen molar-refractivity contribution in [3.05, 3.63) is 46.2 Å². The van der Waals surface area contributed by atoms with Gasteiger partial charge in [0.25, 0.3) is 0 Å². The average molecular weight is 293 g/mol. The lowest BCUT2D eigenvalue weighted by Gasteiger charge is -2.08. The van der Waals surface area contributed by atoms with Crippen molar-refractivity contribution in [3.8, 4) is 0 Å². The molecular weight excluding hydrogens is 283 g/mol. The number of H-pyrrole nitrogens is 1. The van der Waals surface area contributed by atoms with Crippen LogP contribution in [-0.2, 0) is 0 Å². The zero-order chi connectivity index (χ0) is 13.4. The van der Waals surface area contributed by atoms with Crippen molar-refractivity contribution in [1.29, 1.82) is 0 Å². The van der Waals surface area contributed by atoms with Crippen molar-refractivity contribution in [2.45, 2.75) is 6.92 Å². The molecule has 4 nitrogen and oxygen atoms in total. The monoisotopic (exact) mass is 292 g/mol. The molecule has 0 saturated carbocycles. The molecule has 0 bridgehead atoms. The van der Waals surface area contributed by atoms with Crippen LogP contribution >= 0.6 is 23.2 Å². The number of benzene rings is 1. The maximum absolute atomic E-state index is 6.00. The molecular formula is C13H10Cl2N4. The first-order chi connectivity index (χ1) is 9.15. The van der Waals surface area contributed by atoms with Crippen molar-refractivity contribution in [1.82, 2.24) is 15.2 Å². The van der Waals surface area contributed by atoms with E-state index in [0.29, 0.717) is 10.0 Å². The number of halogens is 2. The molecule has 2 N–H and O–H groups in total. The van der Waals surface area contributed by atoms with Crippen LogP contribution in [0.25, 0.3) is 10.9 Å². The Bertz CT molecular complexity index is 751. The largest absolute Gasteiger partial charge is 0.340 e. The van der Waals surface area contributed by atoms with Crippen molar-refractivity contribution in [2.24, 2.45) is 0 Å². The van der Waals surface area contributed by atoms with E-state index >= 15 is 0 Å². The zero-order valence-electron chi connectivity index (χ0n) is 10.0. The number of aryl methyl sites for hydroxylation is 1. The van der Waals surface area contributed by atoms with Crippen LogP contribution in [0.15, 0.2) is 30.5 Å². The van der Waals surface area contributed by atoms with Gasteiger partial charge in [-0.2, -0.15) is 5.10 Å². The summed E-state index contributed by atoms with van der Waals surface area (Å²) in [5.74, 6) is 0.738. The molecule has 0 fully saturated rings. The third-order valence-corrected chi connectivity index (χ3v) is 3.58. The molecule has 0 spiro atoms. The van der Waals surface area contributed by atoms with Crippen LogP contribution in [0.5, 0.6) is 0 Å². The second-order valence-corrected chi connectivity index (χ2v) is 4.96. The summed E-state index contributed by atoms with van der Waals surface area (Å²) in [4.78, 5) is 4.34. The van der Waals surface area contributed by atoms with Gasteiger partial charge < -0.3 is 5.32 Å². The predicted molar refractivity (Wildman–Crippen MR) is 78.4 cm³/mol. The maximum atomic E-state index is 6.00. The number of aromatic nitrogens is 3. The molecule has 0 atom stereocenters. The van der Waals surface area contributed by atoms with Gasteiger partial charge in [-0.25, -0.2) is 4.98 Å². The molecule has 3 aromatic rings. The van der Waals surface area contributed by atoms with E-state index in [9.17, 15) is 0 Å². The summed E-state index contributed by atoms with van der Waals surface area (Å²) >= 11 is 11.9. The van der Waals surface area contributed by atoms with Crippen molar-refractivity contribution >= 4 is 45.6 Å². The summed E-state index contributed by atoms with van der Waals surface area (Å²) in [7, 11) is 0. The van der Waals surface area contributed by atoms with Crippen LogP contribution in [0.2, 0.25) is 10.0 Å². The molecule has 0 unspecified atom stereocenters. The van der Waals surface area contributed by atoms with Gasteiger partial charge in [-0.1, -0.05) is 23.2 Å². The quantitative estimate of drug-likeness (QED) is 0.740. The van der Waals surface area contributed by atoms with Gasteiger partial charge in [-0.05, 0) is 31.2 Å².